The molecule has 0 aliphatic rings. The highest BCUT2D eigenvalue weighted by Crippen LogP contribution is 2.28. The SMILES string of the molecule is C#C[Si](C#C)(CC)CC(F)(F)F. The van der Waals surface area contributed by atoms with Crippen LogP contribution in [0.25, 0.3) is 0 Å². The first-order valence-corrected chi connectivity index (χ1v) is 5.83. The van der Waals surface area contributed by atoms with Crippen LogP contribution in [0.15, 0.2) is 0 Å². The van der Waals surface area contributed by atoms with E-state index in [1.165, 1.54) is 0 Å². The molecule has 0 heterocycles. The van der Waals surface area contributed by atoms with E-state index in [1.54, 1.807) is 6.92 Å². The van der Waals surface area contributed by atoms with Crippen molar-refractivity contribution < 1.29 is 13.2 Å². The number of hydrogen-bond donors (Lipinski definition) is 0. The van der Waals surface area contributed by atoms with E-state index < -0.39 is 20.3 Å². The molecule has 0 aromatic rings. The average Bonchev–Trinajstić information content (AvgIpc) is 1.99. The van der Waals surface area contributed by atoms with Crippen LogP contribution in [-0.2, 0) is 0 Å². The van der Waals surface area contributed by atoms with Gasteiger partial charge in [-0.05, 0) is 6.04 Å². The summed E-state index contributed by atoms with van der Waals surface area (Å²) in [5.74, 6) is 0. The molecular formula is C8H9F3Si. The summed E-state index contributed by atoms with van der Waals surface area (Å²) >= 11 is 0. The number of alkyl halides is 3. The first kappa shape index (κ1) is 11.1. The van der Waals surface area contributed by atoms with Crippen LogP contribution >= 0.6 is 0 Å². The molecule has 0 atom stereocenters. The number of halogens is 3. The summed E-state index contributed by atoms with van der Waals surface area (Å²) in [5, 5.41) is 0. The Kier molecular flexibility index (Phi) is 3.42. The topological polar surface area (TPSA) is 0 Å². The van der Waals surface area contributed by atoms with E-state index in [-0.39, 0.29) is 6.04 Å². The van der Waals surface area contributed by atoms with Crippen molar-refractivity contribution in [1.29, 1.82) is 0 Å². The zero-order valence-corrected chi connectivity index (χ0v) is 7.70. The second-order valence-corrected chi connectivity index (χ2v) is 6.32. The molecule has 12 heavy (non-hydrogen) atoms. The van der Waals surface area contributed by atoms with E-state index in [0.717, 1.165) is 0 Å². The van der Waals surface area contributed by atoms with Gasteiger partial charge in [-0.3, -0.25) is 0 Å². The van der Waals surface area contributed by atoms with Crippen molar-refractivity contribution in [1.82, 2.24) is 0 Å². The van der Waals surface area contributed by atoms with Crippen molar-refractivity contribution in [2.45, 2.75) is 25.2 Å². The Balaban J connectivity index is 4.60. The Morgan fingerprint density at radius 2 is 1.67 bits per heavy atom. The van der Waals surface area contributed by atoms with Gasteiger partial charge in [-0.2, -0.15) is 13.2 Å². The molecule has 0 amide bonds. The quantitative estimate of drug-likeness (QED) is 0.463. The van der Waals surface area contributed by atoms with Gasteiger partial charge in [0.1, 0.15) is 0 Å². The van der Waals surface area contributed by atoms with E-state index in [4.69, 9.17) is 12.8 Å². The van der Waals surface area contributed by atoms with Crippen molar-refractivity contribution in [2.75, 3.05) is 0 Å². The fourth-order valence-electron chi connectivity index (χ4n) is 0.815. The smallest absolute Gasteiger partial charge is 0.171 e. The first-order chi connectivity index (χ1) is 5.39. The van der Waals surface area contributed by atoms with Gasteiger partial charge in [0.15, 0.2) is 0 Å². The van der Waals surface area contributed by atoms with Crippen LogP contribution in [-0.4, -0.2) is 14.3 Å². The van der Waals surface area contributed by atoms with Gasteiger partial charge in [-0.1, -0.05) is 6.92 Å². The van der Waals surface area contributed by atoms with Crippen LogP contribution in [0.4, 0.5) is 13.2 Å². The number of hydrogen-bond acceptors (Lipinski definition) is 0. The third kappa shape index (κ3) is 3.02. The summed E-state index contributed by atoms with van der Waals surface area (Å²) in [4.78, 5) is 0. The number of rotatable bonds is 2. The monoisotopic (exact) mass is 190 g/mol. The van der Waals surface area contributed by atoms with Crippen molar-refractivity contribution in [3.63, 3.8) is 0 Å². The minimum atomic E-state index is -4.24. The summed E-state index contributed by atoms with van der Waals surface area (Å²) in [6, 6.07) is -0.691. The highest BCUT2D eigenvalue weighted by atomic mass is 28.3. The average molecular weight is 190 g/mol. The minimum absolute atomic E-state index is 0.277. The predicted molar refractivity (Wildman–Crippen MR) is 44.8 cm³/mol. The van der Waals surface area contributed by atoms with Crippen molar-refractivity contribution >= 4 is 8.07 Å². The summed E-state index contributed by atoms with van der Waals surface area (Å²) in [5.41, 5.74) is 4.31. The zero-order chi connectivity index (χ0) is 9.83. The van der Waals surface area contributed by atoms with Crippen LogP contribution in [0.1, 0.15) is 6.92 Å². The molecule has 0 aromatic heterocycles. The number of terminal acetylenes is 2. The highest BCUT2D eigenvalue weighted by Gasteiger charge is 2.41. The van der Waals surface area contributed by atoms with Gasteiger partial charge >= 0.3 is 6.18 Å². The third-order valence-corrected chi connectivity index (χ3v) is 4.98. The minimum Gasteiger partial charge on any atom is -0.171 e. The lowest BCUT2D eigenvalue weighted by Gasteiger charge is -2.18. The molecule has 0 aliphatic heterocycles. The van der Waals surface area contributed by atoms with Gasteiger partial charge in [0.25, 0.3) is 0 Å². The molecule has 0 unspecified atom stereocenters. The predicted octanol–water partition coefficient (Wildman–Crippen LogP) is 2.36. The molecule has 0 spiro atoms. The van der Waals surface area contributed by atoms with Crippen LogP contribution in [0.5, 0.6) is 0 Å². The van der Waals surface area contributed by atoms with Crippen LogP contribution in [0.3, 0.4) is 0 Å². The van der Waals surface area contributed by atoms with E-state index in [9.17, 15) is 13.2 Å². The van der Waals surface area contributed by atoms with E-state index in [1.807, 2.05) is 0 Å². The zero-order valence-electron chi connectivity index (χ0n) is 6.70. The summed E-state index contributed by atoms with van der Waals surface area (Å²) in [7, 11) is -2.92. The molecule has 0 nitrogen and oxygen atoms in total. The van der Waals surface area contributed by atoms with Gasteiger partial charge in [-0.25, -0.2) is 0 Å². The second kappa shape index (κ2) is 3.69. The lowest BCUT2D eigenvalue weighted by atomic mass is 10.8. The molecule has 0 fully saturated rings. The molecule has 0 rings (SSSR count). The van der Waals surface area contributed by atoms with Crippen molar-refractivity contribution in [3.05, 3.63) is 0 Å². The summed E-state index contributed by atoms with van der Waals surface area (Å²) in [6.07, 6.45) is 5.78. The molecule has 66 valence electrons. The Morgan fingerprint density at radius 1 is 1.25 bits per heavy atom. The normalized spacial score (nSPS) is 11.8. The highest BCUT2D eigenvalue weighted by molar-refractivity contribution is 6.94. The lowest BCUT2D eigenvalue weighted by molar-refractivity contribution is -0.110. The Labute approximate surface area is 71.2 Å². The van der Waals surface area contributed by atoms with E-state index >= 15 is 0 Å². The van der Waals surface area contributed by atoms with E-state index in [0.29, 0.717) is 0 Å². The molecule has 4 heteroatoms. The van der Waals surface area contributed by atoms with Crippen LogP contribution in [0.2, 0.25) is 12.1 Å². The first-order valence-electron chi connectivity index (χ1n) is 3.41. The Bertz CT molecular complexity index is 214. The van der Waals surface area contributed by atoms with Crippen molar-refractivity contribution in [2.24, 2.45) is 0 Å². The van der Waals surface area contributed by atoms with Gasteiger partial charge in [0.05, 0.1) is 6.04 Å². The molecule has 0 bridgehead atoms. The molecule has 0 aliphatic carbocycles. The fraction of sp³-hybridized carbons (Fsp3) is 0.500. The maximum atomic E-state index is 12.0. The second-order valence-electron chi connectivity index (χ2n) is 2.52. The molecule has 0 saturated heterocycles. The maximum Gasteiger partial charge on any atom is 0.388 e. The van der Waals surface area contributed by atoms with Gasteiger partial charge in [0.2, 0.25) is 8.07 Å². The standard InChI is InChI=1S/C8H9F3Si/c1-4-12(5-2,6-3)7-8(9,10)11/h1-2H,6-7H2,3H3. The summed E-state index contributed by atoms with van der Waals surface area (Å²) in [6.45, 7) is 1.61. The third-order valence-electron chi connectivity index (χ3n) is 1.66. The molecule has 0 radical (unpaired) electrons. The Hall–Kier alpha value is -0.873. The van der Waals surface area contributed by atoms with Crippen LogP contribution < -0.4 is 0 Å². The lowest BCUT2D eigenvalue weighted by Crippen LogP contribution is -2.35. The largest absolute Gasteiger partial charge is 0.388 e. The van der Waals surface area contributed by atoms with Gasteiger partial charge < -0.3 is 0 Å². The molecule has 0 saturated carbocycles. The Morgan fingerprint density at radius 3 is 1.75 bits per heavy atom. The van der Waals surface area contributed by atoms with Crippen molar-refractivity contribution in [3.8, 4) is 23.9 Å². The van der Waals surface area contributed by atoms with E-state index in [2.05, 4.69) is 11.1 Å². The summed E-state index contributed by atoms with van der Waals surface area (Å²) < 4.78 is 35.9. The molecule has 0 N–H and O–H groups in total. The fourth-order valence-corrected chi connectivity index (χ4v) is 2.45. The van der Waals surface area contributed by atoms with Gasteiger partial charge in [0, 0.05) is 0 Å². The molecular weight excluding hydrogens is 181 g/mol. The van der Waals surface area contributed by atoms with Gasteiger partial charge in [-0.15, -0.1) is 23.9 Å². The maximum absolute atomic E-state index is 12.0. The molecule has 0 aromatic carbocycles. The van der Waals surface area contributed by atoms with Crippen LogP contribution in [0, 0.1) is 23.9 Å².